The van der Waals surface area contributed by atoms with E-state index in [1.54, 1.807) is 6.07 Å². The first-order chi connectivity index (χ1) is 9.72. The zero-order valence-electron chi connectivity index (χ0n) is 10.9. The Morgan fingerprint density at radius 3 is 2.85 bits per heavy atom. The van der Waals surface area contributed by atoms with Crippen molar-refractivity contribution in [1.82, 2.24) is 4.98 Å². The van der Waals surface area contributed by atoms with E-state index in [0.717, 1.165) is 5.39 Å². The maximum atomic E-state index is 11.1. The third-order valence-corrected chi connectivity index (χ3v) is 2.73. The minimum atomic E-state index is -1.06. The summed E-state index contributed by atoms with van der Waals surface area (Å²) in [5, 5.41) is 21.7. The Labute approximate surface area is 116 Å². The minimum absolute atomic E-state index is 0.00229. The van der Waals surface area contributed by atoms with E-state index in [0.29, 0.717) is 31.0 Å². The number of aliphatic hydroxyl groups excluding tert-OH is 1. The summed E-state index contributed by atoms with van der Waals surface area (Å²) in [4.78, 5) is 15.2. The van der Waals surface area contributed by atoms with Crippen molar-refractivity contribution in [2.75, 3.05) is 31.7 Å². The SMILES string of the molecule is O=C(O)c1cc(NCCOCCO)c2ccccc2n1. The fourth-order valence-electron chi connectivity index (χ4n) is 1.86. The molecule has 0 aliphatic heterocycles. The average Bonchev–Trinajstić information content (AvgIpc) is 2.46. The number of pyridine rings is 1. The van der Waals surface area contributed by atoms with Gasteiger partial charge in [0.05, 0.1) is 25.3 Å². The van der Waals surface area contributed by atoms with Crippen molar-refractivity contribution in [1.29, 1.82) is 0 Å². The number of hydrogen-bond donors (Lipinski definition) is 3. The van der Waals surface area contributed by atoms with Gasteiger partial charge in [-0.05, 0) is 12.1 Å². The first kappa shape index (κ1) is 14.2. The maximum absolute atomic E-state index is 11.1. The molecule has 0 saturated heterocycles. The Morgan fingerprint density at radius 2 is 2.10 bits per heavy atom. The second kappa shape index (κ2) is 6.83. The van der Waals surface area contributed by atoms with Gasteiger partial charge in [-0.2, -0.15) is 0 Å². The summed E-state index contributed by atoms with van der Waals surface area (Å²) < 4.78 is 5.15. The third-order valence-electron chi connectivity index (χ3n) is 2.73. The zero-order valence-corrected chi connectivity index (χ0v) is 10.9. The van der Waals surface area contributed by atoms with Crippen LogP contribution in [0.3, 0.4) is 0 Å². The van der Waals surface area contributed by atoms with E-state index in [4.69, 9.17) is 14.9 Å². The van der Waals surface area contributed by atoms with Gasteiger partial charge in [-0.1, -0.05) is 18.2 Å². The molecule has 0 saturated carbocycles. The van der Waals surface area contributed by atoms with Crippen molar-refractivity contribution < 1.29 is 19.7 Å². The van der Waals surface area contributed by atoms with Crippen LogP contribution in [0.15, 0.2) is 30.3 Å². The molecule has 6 heteroatoms. The number of nitrogens with one attached hydrogen (secondary N) is 1. The molecule has 0 spiro atoms. The van der Waals surface area contributed by atoms with Crippen molar-refractivity contribution >= 4 is 22.6 Å². The molecule has 6 nitrogen and oxygen atoms in total. The van der Waals surface area contributed by atoms with Crippen molar-refractivity contribution in [3.8, 4) is 0 Å². The van der Waals surface area contributed by atoms with Crippen LogP contribution in [0.1, 0.15) is 10.5 Å². The highest BCUT2D eigenvalue weighted by molar-refractivity contribution is 5.97. The van der Waals surface area contributed by atoms with Gasteiger partial charge >= 0.3 is 5.97 Å². The van der Waals surface area contributed by atoms with E-state index in [1.807, 2.05) is 18.2 Å². The van der Waals surface area contributed by atoms with Crippen LogP contribution in [-0.2, 0) is 4.74 Å². The average molecular weight is 276 g/mol. The lowest BCUT2D eigenvalue weighted by atomic mass is 10.1. The molecule has 1 aromatic carbocycles. The number of hydrogen-bond acceptors (Lipinski definition) is 5. The maximum Gasteiger partial charge on any atom is 0.354 e. The lowest BCUT2D eigenvalue weighted by molar-refractivity contribution is 0.0691. The highest BCUT2D eigenvalue weighted by atomic mass is 16.5. The number of ether oxygens (including phenoxy) is 1. The van der Waals surface area contributed by atoms with Gasteiger partial charge in [0.2, 0.25) is 0 Å². The van der Waals surface area contributed by atoms with E-state index in [-0.39, 0.29) is 12.3 Å². The highest BCUT2D eigenvalue weighted by Crippen LogP contribution is 2.22. The molecule has 0 aliphatic carbocycles. The molecule has 3 N–H and O–H groups in total. The van der Waals surface area contributed by atoms with Crippen molar-refractivity contribution in [3.63, 3.8) is 0 Å². The summed E-state index contributed by atoms with van der Waals surface area (Å²) in [5.74, 6) is -1.06. The first-order valence-electron chi connectivity index (χ1n) is 6.28. The molecule has 0 radical (unpaired) electrons. The molecule has 20 heavy (non-hydrogen) atoms. The molecular formula is C14H16N2O4. The van der Waals surface area contributed by atoms with Gasteiger partial charge in [-0.15, -0.1) is 0 Å². The number of aromatic carboxylic acids is 1. The zero-order chi connectivity index (χ0) is 14.4. The van der Waals surface area contributed by atoms with Crippen molar-refractivity contribution in [2.45, 2.75) is 0 Å². The molecule has 1 heterocycles. The molecule has 2 rings (SSSR count). The van der Waals surface area contributed by atoms with Gasteiger partial charge in [-0.3, -0.25) is 0 Å². The van der Waals surface area contributed by atoms with E-state index >= 15 is 0 Å². The lowest BCUT2D eigenvalue weighted by Gasteiger charge is -2.10. The quantitative estimate of drug-likeness (QED) is 0.661. The second-order valence-corrected chi connectivity index (χ2v) is 4.14. The molecular weight excluding hydrogens is 260 g/mol. The van der Waals surface area contributed by atoms with Gasteiger partial charge in [0.1, 0.15) is 0 Å². The summed E-state index contributed by atoms with van der Waals surface area (Å²) in [6, 6.07) is 8.85. The van der Waals surface area contributed by atoms with Gasteiger partial charge < -0.3 is 20.3 Å². The number of benzene rings is 1. The molecule has 0 atom stereocenters. The number of carbonyl (C=O) groups is 1. The van der Waals surface area contributed by atoms with Crippen LogP contribution >= 0.6 is 0 Å². The summed E-state index contributed by atoms with van der Waals surface area (Å²) >= 11 is 0. The Hall–Kier alpha value is -2.18. The lowest BCUT2D eigenvalue weighted by Crippen LogP contribution is -2.12. The molecule has 1 aromatic heterocycles. The molecule has 0 aliphatic rings. The summed E-state index contributed by atoms with van der Waals surface area (Å²) in [5.41, 5.74) is 1.34. The number of aromatic nitrogens is 1. The topological polar surface area (TPSA) is 91.7 Å². The summed E-state index contributed by atoms with van der Waals surface area (Å²) in [6.45, 7) is 1.23. The number of anilines is 1. The van der Waals surface area contributed by atoms with E-state index < -0.39 is 5.97 Å². The molecule has 0 fully saturated rings. The largest absolute Gasteiger partial charge is 0.477 e. The smallest absolute Gasteiger partial charge is 0.354 e. The Bertz CT molecular complexity index is 601. The minimum Gasteiger partial charge on any atom is -0.477 e. The number of carboxylic acid groups (broad SMARTS) is 1. The summed E-state index contributed by atoms with van der Waals surface area (Å²) in [6.07, 6.45) is 0. The second-order valence-electron chi connectivity index (χ2n) is 4.14. The normalized spacial score (nSPS) is 10.7. The molecule has 2 aromatic rings. The monoisotopic (exact) mass is 276 g/mol. The fraction of sp³-hybridized carbons (Fsp3) is 0.286. The Morgan fingerprint density at radius 1 is 1.30 bits per heavy atom. The van der Waals surface area contributed by atoms with Gasteiger partial charge in [0.25, 0.3) is 0 Å². The van der Waals surface area contributed by atoms with Gasteiger partial charge in [0.15, 0.2) is 5.69 Å². The Kier molecular flexibility index (Phi) is 4.86. The van der Waals surface area contributed by atoms with Crippen LogP contribution in [0.2, 0.25) is 0 Å². The first-order valence-corrected chi connectivity index (χ1v) is 6.28. The molecule has 0 unspecified atom stereocenters. The van der Waals surface area contributed by atoms with Crippen LogP contribution in [0.5, 0.6) is 0 Å². The molecule has 106 valence electrons. The van der Waals surface area contributed by atoms with Crippen LogP contribution in [0.25, 0.3) is 10.9 Å². The van der Waals surface area contributed by atoms with E-state index in [1.165, 1.54) is 6.07 Å². The third kappa shape index (κ3) is 3.43. The summed E-state index contributed by atoms with van der Waals surface area (Å²) in [7, 11) is 0. The van der Waals surface area contributed by atoms with E-state index in [9.17, 15) is 4.79 Å². The van der Waals surface area contributed by atoms with Gasteiger partial charge in [0, 0.05) is 17.6 Å². The number of fused-ring (bicyclic) bond motifs is 1. The fourth-order valence-corrected chi connectivity index (χ4v) is 1.86. The number of aliphatic hydroxyl groups is 1. The molecule has 0 amide bonds. The molecule has 0 bridgehead atoms. The number of nitrogens with zero attached hydrogens (tertiary/aromatic N) is 1. The van der Waals surface area contributed by atoms with Crippen LogP contribution < -0.4 is 5.32 Å². The predicted octanol–water partition coefficient (Wildman–Crippen LogP) is 1.35. The number of rotatable bonds is 7. The van der Waals surface area contributed by atoms with Crippen molar-refractivity contribution in [2.24, 2.45) is 0 Å². The number of carboxylic acids is 1. The van der Waals surface area contributed by atoms with Crippen LogP contribution in [-0.4, -0.2) is 47.5 Å². The van der Waals surface area contributed by atoms with Gasteiger partial charge in [-0.25, -0.2) is 9.78 Å². The van der Waals surface area contributed by atoms with Crippen LogP contribution in [0, 0.1) is 0 Å². The van der Waals surface area contributed by atoms with E-state index in [2.05, 4.69) is 10.3 Å². The highest BCUT2D eigenvalue weighted by Gasteiger charge is 2.10. The standard InChI is InChI=1S/C14H16N2O4/c17-6-8-20-7-5-15-12-9-13(14(18)19)16-11-4-2-1-3-10(11)12/h1-4,9,17H,5-8H2,(H,15,16)(H,18,19). The number of para-hydroxylation sites is 1. The Balaban J connectivity index is 2.19. The predicted molar refractivity (Wildman–Crippen MR) is 75.1 cm³/mol. The van der Waals surface area contributed by atoms with Crippen molar-refractivity contribution in [3.05, 3.63) is 36.0 Å². The van der Waals surface area contributed by atoms with Crippen LogP contribution in [0.4, 0.5) is 5.69 Å².